The number of nitrogens with one attached hydrogen (secondary N) is 2. The molecule has 16 heteroatoms. The Bertz CT molecular complexity index is 2110. The summed E-state index contributed by atoms with van der Waals surface area (Å²) in [5, 5.41) is 5.89. The lowest BCUT2D eigenvalue weighted by Gasteiger charge is -2.40. The zero-order valence-corrected chi connectivity index (χ0v) is 42.8. The summed E-state index contributed by atoms with van der Waals surface area (Å²) >= 11 is 0. The molecule has 0 radical (unpaired) electrons. The number of nitrogens with two attached hydrogens (primary N) is 1. The van der Waals surface area contributed by atoms with E-state index in [0.717, 1.165) is 40.7 Å². The Morgan fingerprint density at radius 3 is 2.01 bits per heavy atom. The summed E-state index contributed by atoms with van der Waals surface area (Å²) in [4.78, 5) is 73.4. The predicted octanol–water partition coefficient (Wildman–Crippen LogP) is 5.61. The summed E-state index contributed by atoms with van der Waals surface area (Å²) in [6.07, 6.45) is 0.242. The number of likely N-dealkylation sites (N-methyl/N-ethyl adjacent to an activating group) is 2. The van der Waals surface area contributed by atoms with Crippen molar-refractivity contribution in [2.45, 2.75) is 109 Å². The molecule has 1 aliphatic carbocycles. The fourth-order valence-electron chi connectivity index (χ4n) is 9.60. The molecule has 5 amide bonds. The molecule has 3 aromatic rings. The first-order chi connectivity index (χ1) is 33.6. The summed E-state index contributed by atoms with van der Waals surface area (Å²) < 4.78 is 29.4. The fraction of sp³-hybridized carbons (Fsp3) is 0.574. The highest BCUT2D eigenvalue weighted by Gasteiger charge is 2.43. The summed E-state index contributed by atoms with van der Waals surface area (Å²) in [7, 11) is 6.50. The van der Waals surface area contributed by atoms with Crippen molar-refractivity contribution < 1.29 is 47.7 Å². The second-order valence-electron chi connectivity index (χ2n) is 19.0. The molecule has 0 saturated carbocycles. The third-order valence-corrected chi connectivity index (χ3v) is 14.0. The van der Waals surface area contributed by atoms with Gasteiger partial charge in [0, 0.05) is 65.5 Å². The van der Waals surface area contributed by atoms with Crippen LogP contribution in [0.5, 0.6) is 0 Å². The van der Waals surface area contributed by atoms with Crippen LogP contribution in [0, 0.1) is 17.8 Å². The van der Waals surface area contributed by atoms with Gasteiger partial charge in [-0.05, 0) is 41.4 Å². The van der Waals surface area contributed by atoms with Crippen LogP contribution in [-0.2, 0) is 49.3 Å². The Morgan fingerprint density at radius 1 is 0.800 bits per heavy atom. The molecule has 4 N–H and O–H groups in total. The number of carbonyl (C=O) groups excluding carboxylic acids is 5. The van der Waals surface area contributed by atoms with Crippen LogP contribution in [0.15, 0.2) is 78.9 Å². The number of hydrogen-bond donors (Lipinski definition) is 3. The molecule has 0 aromatic heterocycles. The van der Waals surface area contributed by atoms with Crippen molar-refractivity contribution in [1.82, 2.24) is 25.3 Å². The van der Waals surface area contributed by atoms with Gasteiger partial charge in [-0.1, -0.05) is 120 Å². The van der Waals surface area contributed by atoms with Gasteiger partial charge in [0.25, 0.3) is 0 Å². The minimum absolute atomic E-state index is 0.0235. The van der Waals surface area contributed by atoms with Gasteiger partial charge in [0.1, 0.15) is 6.04 Å². The Kier molecular flexibility index (Phi) is 21.6. The van der Waals surface area contributed by atoms with Crippen molar-refractivity contribution >= 4 is 29.7 Å². The van der Waals surface area contributed by atoms with Crippen molar-refractivity contribution in [1.29, 1.82) is 0 Å². The predicted molar refractivity (Wildman–Crippen MR) is 268 cm³/mol. The van der Waals surface area contributed by atoms with Crippen molar-refractivity contribution in [3.63, 3.8) is 0 Å². The van der Waals surface area contributed by atoms with E-state index in [0.29, 0.717) is 19.5 Å². The molecule has 1 aliphatic heterocycles. The van der Waals surface area contributed by atoms with Crippen LogP contribution in [0.3, 0.4) is 0 Å². The number of carbonyl (C=O) groups is 5. The van der Waals surface area contributed by atoms with E-state index in [1.807, 2.05) is 107 Å². The molecule has 16 nitrogen and oxygen atoms in total. The van der Waals surface area contributed by atoms with Crippen LogP contribution in [0.2, 0.25) is 0 Å². The average Bonchev–Trinajstić information content (AvgIpc) is 3.98. The standard InChI is InChI=1S/C54H78N6O10/c1-10-36(4)48(59(7)53(64)47(55)35(2)3)45(66-8)34-46(61)60-27-18-25-44(60)49(67-9)37(5)51(62)57-43(33-38-19-12-11-13-20-38)52(63)56-26-29-68-31-32-69-30-28-58(6)54(65)70-50-41-23-16-14-21-39(41)40-22-15-17-24-42(40)50/h11-17,19-24,35-37,43-45,47-50H,10,18,25-34,55H2,1-9H3,(H,56,63)(H,57,62)/t36-,37+,43-,44-,45+,47-,48-,49+/m0/s1. The van der Waals surface area contributed by atoms with Gasteiger partial charge >= 0.3 is 6.09 Å². The van der Waals surface area contributed by atoms with Gasteiger partial charge in [0.05, 0.1) is 69.1 Å². The van der Waals surface area contributed by atoms with Gasteiger partial charge in [0.2, 0.25) is 23.6 Å². The zero-order chi connectivity index (χ0) is 50.9. The van der Waals surface area contributed by atoms with E-state index >= 15 is 0 Å². The monoisotopic (exact) mass is 971 g/mol. The molecule has 70 heavy (non-hydrogen) atoms. The molecule has 1 saturated heterocycles. The second-order valence-corrected chi connectivity index (χ2v) is 19.0. The maximum absolute atomic E-state index is 14.2. The first-order valence-corrected chi connectivity index (χ1v) is 24.9. The number of methoxy groups -OCH3 is 2. The topological polar surface area (TPSA) is 191 Å². The van der Waals surface area contributed by atoms with E-state index in [9.17, 15) is 24.0 Å². The quantitative estimate of drug-likeness (QED) is 0.0806. The third kappa shape index (κ3) is 14.4. The maximum atomic E-state index is 14.2. The van der Waals surface area contributed by atoms with Gasteiger partial charge in [-0.2, -0.15) is 0 Å². The zero-order valence-electron chi connectivity index (χ0n) is 42.8. The van der Waals surface area contributed by atoms with Crippen LogP contribution in [0.25, 0.3) is 11.1 Å². The largest absolute Gasteiger partial charge is 0.436 e. The SMILES string of the molecule is CC[C@H](C)[C@@H]([C@@H](CC(=O)N1CCC[C@H]1[C@H](OC)[C@@H](C)C(=O)N[C@@H](Cc1ccccc1)C(=O)NCCOCCOCCN(C)C(=O)OC1c2ccccc2-c2ccccc21)OC)N(C)C(=O)[C@@H](N)C(C)C. The van der Waals surface area contributed by atoms with Crippen LogP contribution in [0.1, 0.15) is 83.1 Å². The Morgan fingerprint density at radius 2 is 1.41 bits per heavy atom. The van der Waals surface area contributed by atoms with E-state index in [4.69, 9.17) is 29.4 Å². The Balaban J connectivity index is 1.08. The van der Waals surface area contributed by atoms with Crippen LogP contribution < -0.4 is 16.4 Å². The molecule has 5 rings (SSSR count). The number of hydrogen-bond acceptors (Lipinski definition) is 11. The molecule has 1 fully saturated rings. The highest BCUT2D eigenvalue weighted by molar-refractivity contribution is 5.89. The van der Waals surface area contributed by atoms with E-state index in [1.165, 1.54) is 12.0 Å². The maximum Gasteiger partial charge on any atom is 0.410 e. The first kappa shape index (κ1) is 55.5. The van der Waals surface area contributed by atoms with Crippen LogP contribution >= 0.6 is 0 Å². The Hall–Kier alpha value is -5.39. The van der Waals surface area contributed by atoms with Crippen molar-refractivity contribution in [3.8, 4) is 11.1 Å². The van der Waals surface area contributed by atoms with E-state index < -0.39 is 54.5 Å². The lowest BCUT2D eigenvalue weighted by Crippen LogP contribution is -2.56. The summed E-state index contributed by atoms with van der Waals surface area (Å²) in [5.41, 5.74) is 11.2. The third-order valence-electron chi connectivity index (χ3n) is 14.0. The van der Waals surface area contributed by atoms with E-state index in [1.54, 1.807) is 37.9 Å². The number of amides is 5. The molecule has 8 atom stereocenters. The van der Waals surface area contributed by atoms with Gasteiger partial charge in [-0.3, -0.25) is 19.2 Å². The summed E-state index contributed by atoms with van der Waals surface area (Å²) in [6, 6.07) is 23.0. The average molecular weight is 971 g/mol. The number of rotatable bonds is 27. The van der Waals surface area contributed by atoms with Gasteiger partial charge < -0.3 is 54.8 Å². The minimum atomic E-state index is -0.898. The highest BCUT2D eigenvalue weighted by atomic mass is 16.6. The van der Waals surface area contributed by atoms with E-state index in [-0.39, 0.29) is 81.3 Å². The number of nitrogens with zero attached hydrogens (tertiary/aromatic N) is 3. The second kappa shape index (κ2) is 27.3. The molecule has 0 bridgehead atoms. The van der Waals surface area contributed by atoms with Crippen molar-refractivity contribution in [3.05, 3.63) is 95.6 Å². The number of fused-ring (bicyclic) bond motifs is 3. The van der Waals surface area contributed by atoms with Gasteiger partial charge in [0.15, 0.2) is 6.10 Å². The highest BCUT2D eigenvalue weighted by Crippen LogP contribution is 2.45. The van der Waals surface area contributed by atoms with Crippen LogP contribution in [0.4, 0.5) is 4.79 Å². The number of likely N-dealkylation sites (tertiary alicyclic amines) is 1. The van der Waals surface area contributed by atoms with Crippen molar-refractivity contribution in [2.24, 2.45) is 23.5 Å². The molecular weight excluding hydrogens is 893 g/mol. The Labute approximate surface area is 415 Å². The molecule has 0 spiro atoms. The molecule has 2 aliphatic rings. The molecular formula is C54H78N6O10. The van der Waals surface area contributed by atoms with Crippen molar-refractivity contribution in [2.75, 3.05) is 74.4 Å². The smallest absolute Gasteiger partial charge is 0.410 e. The molecule has 1 heterocycles. The van der Waals surface area contributed by atoms with E-state index in [2.05, 4.69) is 10.6 Å². The van der Waals surface area contributed by atoms with Gasteiger partial charge in [-0.15, -0.1) is 0 Å². The van der Waals surface area contributed by atoms with Crippen LogP contribution in [-0.4, -0.2) is 155 Å². The lowest BCUT2D eigenvalue weighted by molar-refractivity contribution is -0.146. The first-order valence-electron chi connectivity index (χ1n) is 24.9. The molecule has 3 aromatic carbocycles. The summed E-state index contributed by atoms with van der Waals surface area (Å²) in [6.45, 7) is 11.7. The molecule has 0 unspecified atom stereocenters. The number of benzene rings is 3. The normalized spacial score (nSPS) is 17.4. The fourth-order valence-corrected chi connectivity index (χ4v) is 9.60. The molecule has 384 valence electrons. The van der Waals surface area contributed by atoms with Gasteiger partial charge in [-0.25, -0.2) is 4.79 Å². The minimum Gasteiger partial charge on any atom is -0.436 e. The lowest BCUT2D eigenvalue weighted by atomic mass is 9.89. The number of ether oxygens (including phenoxy) is 5. The summed E-state index contributed by atoms with van der Waals surface area (Å²) in [5.74, 6) is -1.84.